The summed E-state index contributed by atoms with van der Waals surface area (Å²) in [6.07, 6.45) is 0.422. The Bertz CT molecular complexity index is 374. The third-order valence-corrected chi connectivity index (χ3v) is 2.90. The first-order valence-electron chi connectivity index (χ1n) is 4.96. The fourth-order valence-corrected chi connectivity index (χ4v) is 2.06. The summed E-state index contributed by atoms with van der Waals surface area (Å²) >= 11 is 0. The molecule has 0 saturated carbocycles. The molecule has 1 fully saturated rings. The molecule has 4 nitrogen and oxygen atoms in total. The van der Waals surface area contributed by atoms with Crippen molar-refractivity contribution in [3.63, 3.8) is 0 Å². The average molecular weight is 205 g/mol. The summed E-state index contributed by atoms with van der Waals surface area (Å²) < 4.78 is 0. The van der Waals surface area contributed by atoms with E-state index in [1.54, 1.807) is 11.9 Å². The van der Waals surface area contributed by atoms with Gasteiger partial charge in [-0.3, -0.25) is 4.79 Å². The van der Waals surface area contributed by atoms with Crippen LogP contribution in [0.2, 0.25) is 0 Å². The average Bonchev–Trinajstić information content (AvgIpc) is 2.44. The van der Waals surface area contributed by atoms with Crippen LogP contribution < -0.4 is 11.5 Å². The molecule has 1 aromatic carbocycles. The van der Waals surface area contributed by atoms with Crippen LogP contribution in [0.4, 0.5) is 5.69 Å². The zero-order valence-corrected chi connectivity index (χ0v) is 8.68. The molecule has 1 amide bonds. The molecule has 2 unspecified atom stereocenters. The highest BCUT2D eigenvalue weighted by Crippen LogP contribution is 2.30. The third-order valence-electron chi connectivity index (χ3n) is 2.90. The minimum absolute atomic E-state index is 0.0156. The zero-order valence-electron chi connectivity index (χ0n) is 8.68. The number of amides is 1. The van der Waals surface area contributed by atoms with E-state index in [0.717, 1.165) is 11.3 Å². The van der Waals surface area contributed by atoms with E-state index in [2.05, 4.69) is 0 Å². The molecule has 4 N–H and O–H groups in total. The van der Waals surface area contributed by atoms with Crippen molar-refractivity contribution in [2.45, 2.75) is 18.5 Å². The van der Waals surface area contributed by atoms with E-state index < -0.39 is 0 Å². The lowest BCUT2D eigenvalue weighted by Gasteiger charge is -2.23. The van der Waals surface area contributed by atoms with Crippen LogP contribution in [0.3, 0.4) is 0 Å². The molecule has 1 aliphatic rings. The molecule has 80 valence electrons. The van der Waals surface area contributed by atoms with Gasteiger partial charge in [0.1, 0.15) is 0 Å². The normalized spacial score (nSPS) is 26.0. The van der Waals surface area contributed by atoms with E-state index in [9.17, 15) is 4.79 Å². The van der Waals surface area contributed by atoms with Crippen molar-refractivity contribution in [1.82, 2.24) is 4.90 Å². The number of hydrogen-bond acceptors (Lipinski definition) is 3. The Morgan fingerprint density at radius 2 is 1.93 bits per heavy atom. The maximum Gasteiger partial charge on any atom is 0.224 e. The lowest BCUT2D eigenvalue weighted by Crippen LogP contribution is -2.30. The molecule has 1 aromatic rings. The van der Waals surface area contributed by atoms with Gasteiger partial charge in [0.05, 0.1) is 6.04 Å². The lowest BCUT2D eigenvalue weighted by molar-refractivity contribution is -0.127. The van der Waals surface area contributed by atoms with Crippen molar-refractivity contribution >= 4 is 11.6 Å². The Labute approximate surface area is 88.9 Å². The van der Waals surface area contributed by atoms with Crippen molar-refractivity contribution < 1.29 is 4.79 Å². The first-order chi connectivity index (χ1) is 7.09. The lowest BCUT2D eigenvalue weighted by atomic mass is 10.0. The van der Waals surface area contributed by atoms with Crippen LogP contribution in [0.1, 0.15) is 18.0 Å². The molecule has 1 aliphatic heterocycles. The molecular weight excluding hydrogens is 190 g/mol. The molecule has 1 saturated heterocycles. The second-order valence-electron chi connectivity index (χ2n) is 3.98. The number of nitrogen functional groups attached to an aromatic ring is 1. The quantitative estimate of drug-likeness (QED) is 0.656. The molecule has 0 bridgehead atoms. The summed E-state index contributed by atoms with van der Waals surface area (Å²) in [5.74, 6) is 0.101. The second-order valence-corrected chi connectivity index (χ2v) is 3.98. The maximum absolute atomic E-state index is 11.5. The topological polar surface area (TPSA) is 72.3 Å². The summed E-state index contributed by atoms with van der Waals surface area (Å²) in [6.45, 7) is 0. The van der Waals surface area contributed by atoms with E-state index in [0.29, 0.717) is 6.42 Å². The summed E-state index contributed by atoms with van der Waals surface area (Å²) in [5, 5.41) is 0. The van der Waals surface area contributed by atoms with Crippen LogP contribution in [-0.2, 0) is 4.79 Å². The van der Waals surface area contributed by atoms with Crippen molar-refractivity contribution in [3.8, 4) is 0 Å². The number of benzene rings is 1. The van der Waals surface area contributed by atoms with Crippen molar-refractivity contribution in [2.24, 2.45) is 5.73 Å². The molecule has 0 spiro atoms. The predicted molar refractivity (Wildman–Crippen MR) is 59.0 cm³/mol. The van der Waals surface area contributed by atoms with Crippen LogP contribution in [0, 0.1) is 0 Å². The molecule has 0 aromatic heterocycles. The fraction of sp³-hybridized carbons (Fsp3) is 0.364. The first kappa shape index (κ1) is 9.98. The van der Waals surface area contributed by atoms with Gasteiger partial charge in [-0.2, -0.15) is 0 Å². The smallest absolute Gasteiger partial charge is 0.224 e. The number of carbonyl (C=O) groups excluding carboxylic acids is 1. The Kier molecular flexibility index (Phi) is 2.36. The van der Waals surface area contributed by atoms with E-state index in [-0.39, 0.29) is 18.0 Å². The Morgan fingerprint density at radius 1 is 1.33 bits per heavy atom. The van der Waals surface area contributed by atoms with Crippen molar-refractivity contribution in [2.75, 3.05) is 12.8 Å². The fourth-order valence-electron chi connectivity index (χ4n) is 2.06. The molecule has 2 atom stereocenters. The number of likely N-dealkylation sites (N-methyl/N-ethyl adjacent to an activating group) is 1. The van der Waals surface area contributed by atoms with Gasteiger partial charge < -0.3 is 16.4 Å². The number of rotatable bonds is 1. The van der Waals surface area contributed by atoms with E-state index >= 15 is 0 Å². The second kappa shape index (κ2) is 3.55. The van der Waals surface area contributed by atoms with E-state index in [1.807, 2.05) is 24.3 Å². The number of anilines is 1. The van der Waals surface area contributed by atoms with Crippen molar-refractivity contribution in [1.29, 1.82) is 0 Å². The minimum Gasteiger partial charge on any atom is -0.399 e. The van der Waals surface area contributed by atoms with Crippen LogP contribution in [-0.4, -0.2) is 23.9 Å². The highest BCUT2D eigenvalue weighted by molar-refractivity contribution is 5.80. The van der Waals surface area contributed by atoms with Gasteiger partial charge in [0, 0.05) is 25.2 Å². The zero-order chi connectivity index (χ0) is 11.0. The van der Waals surface area contributed by atoms with Crippen LogP contribution in [0.25, 0.3) is 0 Å². The summed E-state index contributed by atoms with van der Waals surface area (Å²) in [7, 11) is 1.79. The summed E-state index contributed by atoms with van der Waals surface area (Å²) in [6, 6.07) is 7.38. The number of likely N-dealkylation sites (tertiary alicyclic amines) is 1. The van der Waals surface area contributed by atoms with Gasteiger partial charge in [0.25, 0.3) is 0 Å². The maximum atomic E-state index is 11.5. The van der Waals surface area contributed by atoms with Gasteiger partial charge >= 0.3 is 0 Å². The summed E-state index contributed by atoms with van der Waals surface area (Å²) in [4.78, 5) is 13.2. The van der Waals surface area contributed by atoms with Crippen LogP contribution >= 0.6 is 0 Å². The molecule has 15 heavy (non-hydrogen) atoms. The van der Waals surface area contributed by atoms with Crippen LogP contribution in [0.5, 0.6) is 0 Å². The SMILES string of the molecule is CN1C(=O)CC(N)C1c1ccc(N)cc1. The highest BCUT2D eigenvalue weighted by Gasteiger charge is 2.35. The largest absolute Gasteiger partial charge is 0.399 e. The Balaban J connectivity index is 2.30. The molecule has 2 rings (SSSR count). The van der Waals surface area contributed by atoms with Gasteiger partial charge in [0.15, 0.2) is 0 Å². The number of carbonyl (C=O) groups is 1. The monoisotopic (exact) mass is 205 g/mol. The Morgan fingerprint density at radius 3 is 2.40 bits per heavy atom. The van der Waals surface area contributed by atoms with Crippen molar-refractivity contribution in [3.05, 3.63) is 29.8 Å². The number of nitrogens with zero attached hydrogens (tertiary/aromatic N) is 1. The summed E-state index contributed by atoms with van der Waals surface area (Å²) in [5.41, 5.74) is 13.3. The minimum atomic E-state index is -0.119. The number of nitrogens with two attached hydrogens (primary N) is 2. The van der Waals surface area contributed by atoms with Gasteiger partial charge in [0.2, 0.25) is 5.91 Å². The number of hydrogen-bond donors (Lipinski definition) is 2. The molecule has 0 aliphatic carbocycles. The predicted octanol–water partition coefficient (Wildman–Crippen LogP) is 0.499. The van der Waals surface area contributed by atoms with Gasteiger partial charge in [-0.1, -0.05) is 12.1 Å². The molecule has 4 heteroatoms. The molecule has 0 radical (unpaired) electrons. The Hall–Kier alpha value is -1.55. The van der Waals surface area contributed by atoms with Gasteiger partial charge in [-0.25, -0.2) is 0 Å². The molecule has 1 heterocycles. The van der Waals surface area contributed by atoms with Gasteiger partial charge in [-0.05, 0) is 17.7 Å². The standard InChI is InChI=1S/C11H15N3O/c1-14-10(15)6-9(13)11(14)7-2-4-8(12)5-3-7/h2-5,9,11H,6,12-13H2,1H3. The molecular formula is C11H15N3O. The first-order valence-corrected chi connectivity index (χ1v) is 4.96. The third kappa shape index (κ3) is 1.68. The van der Waals surface area contributed by atoms with E-state index in [4.69, 9.17) is 11.5 Å². The highest BCUT2D eigenvalue weighted by atomic mass is 16.2. The van der Waals surface area contributed by atoms with Crippen LogP contribution in [0.15, 0.2) is 24.3 Å². The van der Waals surface area contributed by atoms with Gasteiger partial charge in [-0.15, -0.1) is 0 Å². The van der Waals surface area contributed by atoms with E-state index in [1.165, 1.54) is 0 Å².